The van der Waals surface area contributed by atoms with Gasteiger partial charge < -0.3 is 5.73 Å². The van der Waals surface area contributed by atoms with Crippen LogP contribution in [0.15, 0.2) is 36.4 Å². The molecule has 1 saturated carbocycles. The summed E-state index contributed by atoms with van der Waals surface area (Å²) in [4.78, 5) is 0. The van der Waals surface area contributed by atoms with Crippen LogP contribution in [0.25, 0.3) is 0 Å². The van der Waals surface area contributed by atoms with Crippen LogP contribution in [0.1, 0.15) is 25.7 Å². The van der Waals surface area contributed by atoms with E-state index >= 15 is 0 Å². The second-order valence-corrected chi connectivity index (χ2v) is 6.38. The van der Waals surface area contributed by atoms with E-state index < -0.39 is 10.0 Å². The topological polar surface area (TPSA) is 72.2 Å². The Morgan fingerprint density at radius 2 is 1.42 bits per heavy atom. The van der Waals surface area contributed by atoms with E-state index in [1.807, 2.05) is 36.4 Å². The summed E-state index contributed by atoms with van der Waals surface area (Å²) in [7, 11) is -3.09. The first-order valence-corrected chi connectivity index (χ1v) is 8.11. The van der Waals surface area contributed by atoms with Crippen molar-refractivity contribution in [1.29, 1.82) is 0 Å². The third kappa shape index (κ3) is 9.28. The van der Waals surface area contributed by atoms with Crippen molar-refractivity contribution in [2.75, 3.05) is 6.26 Å². The van der Waals surface area contributed by atoms with Gasteiger partial charge in [0.05, 0.1) is 6.26 Å². The molecule has 0 heterocycles. The molecule has 4 nitrogen and oxygen atoms in total. The molecule has 0 bridgehead atoms. The van der Waals surface area contributed by atoms with Crippen LogP contribution in [0.3, 0.4) is 0 Å². The molecule has 0 amide bonds. The molecular weight excluding hydrogens is 349 g/mol. The molecule has 2 rings (SSSR count). The molecule has 1 aliphatic rings. The van der Waals surface area contributed by atoms with Gasteiger partial charge in [-0.05, 0) is 12.8 Å². The first kappa shape index (κ1) is 18.7. The maximum absolute atomic E-state index is 10.9. The fourth-order valence-electron chi connectivity index (χ4n) is 1.97. The summed E-state index contributed by atoms with van der Waals surface area (Å²) in [6, 6.07) is 11.9. The monoisotopic (exact) mass is 372 g/mol. The van der Waals surface area contributed by atoms with Gasteiger partial charge in [-0.2, -0.15) is 0 Å². The minimum absolute atomic E-state index is 0. The number of nitrogens with two attached hydrogens (primary N) is 1. The Hall–Kier alpha value is -0.287. The number of hydrogen-bond acceptors (Lipinski definition) is 3. The first-order valence-electron chi connectivity index (χ1n) is 6.22. The second kappa shape index (κ2) is 9.59. The molecule has 1 aliphatic carbocycles. The predicted molar refractivity (Wildman–Crippen MR) is 74.7 cm³/mol. The molecule has 0 spiro atoms. The van der Waals surface area contributed by atoms with Crippen molar-refractivity contribution in [3.63, 3.8) is 0 Å². The molecule has 110 valence electrons. The maximum atomic E-state index is 10.9. The molecule has 1 aromatic rings. The maximum Gasteiger partial charge on any atom is 0.209 e. The minimum Gasteiger partial charge on any atom is -0.326 e. The number of sulfonamides is 1. The molecule has 0 aromatic heterocycles. The molecular formula is C13H22N2O2RuS. The Balaban J connectivity index is 0.000000392. The largest absolute Gasteiger partial charge is 0.326 e. The van der Waals surface area contributed by atoms with Crippen molar-refractivity contribution >= 4 is 10.0 Å². The first-order chi connectivity index (χ1) is 8.49. The quantitative estimate of drug-likeness (QED) is 0.774. The van der Waals surface area contributed by atoms with Gasteiger partial charge in [0.1, 0.15) is 0 Å². The zero-order chi connectivity index (χ0) is 13.4. The van der Waals surface area contributed by atoms with E-state index in [4.69, 9.17) is 5.73 Å². The number of nitrogens with one attached hydrogen (secondary N) is 1. The van der Waals surface area contributed by atoms with Gasteiger partial charge in [0.2, 0.25) is 10.0 Å². The van der Waals surface area contributed by atoms with Crippen molar-refractivity contribution in [3.8, 4) is 0 Å². The molecule has 0 saturated heterocycles. The second-order valence-electron chi connectivity index (χ2n) is 4.60. The van der Waals surface area contributed by atoms with Crippen LogP contribution >= 0.6 is 0 Å². The standard InChI is InChI=1S/C7H16N2O2S.C6H6.Ru/c1-12(10,11)9-7-5-3-2-4-6(7)8;1-2-4-6-5-3-1;/h6-7,9H,2-5,8H2,1H3;1-6H;/t6-,7-;;/m1../s1. The third-order valence-corrected chi connectivity index (χ3v) is 3.58. The fraction of sp³-hybridized carbons (Fsp3) is 0.538. The minimum atomic E-state index is -3.09. The van der Waals surface area contributed by atoms with E-state index in [0.29, 0.717) is 0 Å². The molecule has 6 heteroatoms. The number of hydrogen-bond donors (Lipinski definition) is 2. The molecule has 1 aromatic carbocycles. The molecule has 0 unspecified atom stereocenters. The van der Waals surface area contributed by atoms with Gasteiger partial charge in [-0.25, -0.2) is 13.1 Å². The van der Waals surface area contributed by atoms with Crippen molar-refractivity contribution in [1.82, 2.24) is 4.72 Å². The van der Waals surface area contributed by atoms with Crippen LogP contribution in [0.4, 0.5) is 0 Å². The molecule has 0 radical (unpaired) electrons. The summed E-state index contributed by atoms with van der Waals surface area (Å²) in [6.07, 6.45) is 5.15. The summed E-state index contributed by atoms with van der Waals surface area (Å²) >= 11 is 0. The number of benzene rings is 1. The van der Waals surface area contributed by atoms with Crippen LogP contribution < -0.4 is 10.5 Å². The van der Waals surface area contributed by atoms with Gasteiger partial charge in [0.15, 0.2) is 0 Å². The van der Waals surface area contributed by atoms with Crippen molar-refractivity contribution in [2.24, 2.45) is 5.73 Å². The van der Waals surface area contributed by atoms with Crippen LogP contribution in [0, 0.1) is 0 Å². The van der Waals surface area contributed by atoms with E-state index in [1.165, 1.54) is 6.26 Å². The van der Waals surface area contributed by atoms with Crippen molar-refractivity contribution < 1.29 is 27.9 Å². The Bertz CT molecular complexity index is 399. The van der Waals surface area contributed by atoms with Gasteiger partial charge in [0.25, 0.3) is 0 Å². The summed E-state index contributed by atoms with van der Waals surface area (Å²) in [5, 5.41) is 0. The van der Waals surface area contributed by atoms with E-state index in [9.17, 15) is 8.42 Å². The zero-order valence-electron chi connectivity index (χ0n) is 11.1. The van der Waals surface area contributed by atoms with Gasteiger partial charge in [-0.1, -0.05) is 49.2 Å². The fourth-order valence-corrected chi connectivity index (χ4v) is 2.81. The summed E-state index contributed by atoms with van der Waals surface area (Å²) in [6.45, 7) is 0. The van der Waals surface area contributed by atoms with Gasteiger partial charge in [-0.15, -0.1) is 0 Å². The average molecular weight is 371 g/mol. The molecule has 3 N–H and O–H groups in total. The molecule has 19 heavy (non-hydrogen) atoms. The van der Waals surface area contributed by atoms with E-state index in [2.05, 4.69) is 4.72 Å². The smallest absolute Gasteiger partial charge is 0.209 e. The average Bonchev–Trinajstić information content (AvgIpc) is 2.34. The predicted octanol–water partition coefficient (Wildman–Crippen LogP) is 1.49. The third-order valence-electron chi connectivity index (χ3n) is 2.85. The SMILES string of the molecule is CS(=O)(=O)N[C@@H]1CCCC[C@H]1N.[Ru].c1ccccc1. The van der Waals surface area contributed by atoms with Crippen LogP contribution in [0.2, 0.25) is 0 Å². The van der Waals surface area contributed by atoms with Crippen LogP contribution in [-0.2, 0) is 29.5 Å². The number of rotatable bonds is 2. The van der Waals surface area contributed by atoms with Crippen molar-refractivity contribution in [2.45, 2.75) is 37.8 Å². The summed E-state index contributed by atoms with van der Waals surface area (Å²) < 4.78 is 24.3. The molecule has 1 fully saturated rings. The Morgan fingerprint density at radius 3 is 1.79 bits per heavy atom. The van der Waals surface area contributed by atoms with Gasteiger partial charge >= 0.3 is 0 Å². The normalized spacial score (nSPS) is 22.6. The Morgan fingerprint density at radius 1 is 1.00 bits per heavy atom. The van der Waals surface area contributed by atoms with Crippen molar-refractivity contribution in [3.05, 3.63) is 36.4 Å². The zero-order valence-corrected chi connectivity index (χ0v) is 13.7. The van der Waals surface area contributed by atoms with Crippen LogP contribution in [0.5, 0.6) is 0 Å². The molecule has 2 atom stereocenters. The summed E-state index contributed by atoms with van der Waals surface area (Å²) in [5.74, 6) is 0. The Labute approximate surface area is 129 Å². The molecule has 0 aliphatic heterocycles. The summed E-state index contributed by atoms with van der Waals surface area (Å²) in [5.41, 5.74) is 5.76. The Kier molecular flexibility index (Phi) is 9.45. The van der Waals surface area contributed by atoms with E-state index in [0.717, 1.165) is 25.7 Å². The van der Waals surface area contributed by atoms with Gasteiger partial charge in [0, 0.05) is 31.6 Å². The van der Waals surface area contributed by atoms with Crippen LogP contribution in [-0.4, -0.2) is 26.8 Å². The van der Waals surface area contributed by atoms with E-state index in [1.54, 1.807) is 0 Å². The van der Waals surface area contributed by atoms with Gasteiger partial charge in [-0.3, -0.25) is 0 Å². The van der Waals surface area contributed by atoms with E-state index in [-0.39, 0.29) is 31.6 Å².